The van der Waals surface area contributed by atoms with Crippen LogP contribution in [0.3, 0.4) is 0 Å². The highest BCUT2D eigenvalue weighted by Crippen LogP contribution is 2.28. The van der Waals surface area contributed by atoms with E-state index in [2.05, 4.69) is 5.32 Å². The lowest BCUT2D eigenvalue weighted by Gasteiger charge is -2.30. The summed E-state index contributed by atoms with van der Waals surface area (Å²) >= 11 is 12.3. The summed E-state index contributed by atoms with van der Waals surface area (Å²) in [7, 11) is 3.05. The number of methoxy groups -OCH3 is 2. The summed E-state index contributed by atoms with van der Waals surface area (Å²) < 4.78 is 16.2. The molecule has 1 N–H and O–H groups in total. The number of hydrogen-bond acceptors (Lipinski definition) is 5. The lowest BCUT2D eigenvalue weighted by atomic mass is 10.1. The highest BCUT2D eigenvalue weighted by atomic mass is 35.5. The standard InChI is InChI=1S/C23H28Cl2N2O5/c1-5-21(23(29)26-6-2)27(13-15-7-8-16(24)9-20(15)25)22(28)14-32-19-11-17(30-3)10-18(12-19)31-4/h7-12,21H,5-6,13-14H2,1-4H3,(H,26,29). The molecular formula is C23H28Cl2N2O5. The second kappa shape index (κ2) is 12.4. The number of nitrogens with zero attached hydrogens (tertiary/aromatic N) is 1. The van der Waals surface area contributed by atoms with Gasteiger partial charge in [-0.15, -0.1) is 0 Å². The SMILES string of the molecule is CCNC(=O)C(CC)N(Cc1ccc(Cl)cc1Cl)C(=O)COc1cc(OC)cc(OC)c1. The van der Waals surface area contributed by atoms with E-state index in [9.17, 15) is 9.59 Å². The van der Waals surface area contributed by atoms with E-state index in [-0.39, 0.29) is 25.0 Å². The zero-order chi connectivity index (χ0) is 23.7. The van der Waals surface area contributed by atoms with Gasteiger partial charge in [-0.3, -0.25) is 9.59 Å². The summed E-state index contributed by atoms with van der Waals surface area (Å²) in [6.07, 6.45) is 0.426. The Morgan fingerprint density at radius 2 is 1.62 bits per heavy atom. The van der Waals surface area contributed by atoms with Crippen LogP contribution in [0.4, 0.5) is 0 Å². The van der Waals surface area contributed by atoms with Gasteiger partial charge in [-0.05, 0) is 31.0 Å². The zero-order valence-corrected chi connectivity index (χ0v) is 20.1. The molecule has 0 aliphatic heterocycles. The van der Waals surface area contributed by atoms with Crippen molar-refractivity contribution in [3.8, 4) is 17.2 Å². The average molecular weight is 483 g/mol. The molecule has 0 saturated heterocycles. The van der Waals surface area contributed by atoms with Crippen molar-refractivity contribution in [3.05, 3.63) is 52.0 Å². The Bertz CT molecular complexity index is 916. The van der Waals surface area contributed by atoms with E-state index < -0.39 is 6.04 Å². The van der Waals surface area contributed by atoms with Crippen LogP contribution in [0.2, 0.25) is 10.0 Å². The molecule has 2 amide bonds. The molecule has 2 rings (SSSR count). The van der Waals surface area contributed by atoms with E-state index in [1.807, 2.05) is 13.8 Å². The van der Waals surface area contributed by atoms with Gasteiger partial charge in [0.15, 0.2) is 6.61 Å². The summed E-state index contributed by atoms with van der Waals surface area (Å²) in [5.74, 6) is 0.869. The Morgan fingerprint density at radius 3 is 2.16 bits per heavy atom. The third-order valence-electron chi connectivity index (χ3n) is 4.78. The third kappa shape index (κ3) is 6.93. The van der Waals surface area contributed by atoms with Crippen LogP contribution in [0, 0.1) is 0 Å². The highest BCUT2D eigenvalue weighted by molar-refractivity contribution is 6.35. The maximum atomic E-state index is 13.2. The van der Waals surface area contributed by atoms with Crippen molar-refractivity contribution in [2.45, 2.75) is 32.9 Å². The molecule has 9 heteroatoms. The lowest BCUT2D eigenvalue weighted by molar-refractivity contribution is -0.142. The number of ether oxygens (including phenoxy) is 3. The number of halogens is 2. The number of carbonyl (C=O) groups is 2. The first-order valence-electron chi connectivity index (χ1n) is 10.2. The van der Waals surface area contributed by atoms with Gasteiger partial charge >= 0.3 is 0 Å². The number of nitrogens with one attached hydrogen (secondary N) is 1. The minimum absolute atomic E-state index is 0.134. The van der Waals surface area contributed by atoms with Crippen LogP contribution in [-0.4, -0.2) is 50.1 Å². The number of amides is 2. The van der Waals surface area contributed by atoms with E-state index in [0.29, 0.717) is 45.8 Å². The largest absolute Gasteiger partial charge is 0.496 e. The van der Waals surface area contributed by atoms with Crippen molar-refractivity contribution in [1.82, 2.24) is 10.2 Å². The van der Waals surface area contributed by atoms with Crippen LogP contribution in [-0.2, 0) is 16.1 Å². The van der Waals surface area contributed by atoms with E-state index in [1.54, 1.807) is 36.4 Å². The van der Waals surface area contributed by atoms with Gasteiger partial charge in [0, 0.05) is 41.3 Å². The zero-order valence-electron chi connectivity index (χ0n) is 18.6. The van der Waals surface area contributed by atoms with Crippen molar-refractivity contribution in [2.75, 3.05) is 27.4 Å². The van der Waals surface area contributed by atoms with Gasteiger partial charge in [-0.2, -0.15) is 0 Å². The van der Waals surface area contributed by atoms with E-state index in [1.165, 1.54) is 19.1 Å². The summed E-state index contributed by atoms with van der Waals surface area (Å²) in [5.41, 5.74) is 0.676. The summed E-state index contributed by atoms with van der Waals surface area (Å²) in [6, 6.07) is 9.35. The fraction of sp³-hybridized carbons (Fsp3) is 0.391. The van der Waals surface area contributed by atoms with Crippen molar-refractivity contribution in [1.29, 1.82) is 0 Å². The Kier molecular flexibility index (Phi) is 9.94. The Labute approximate surface area is 198 Å². The fourth-order valence-electron chi connectivity index (χ4n) is 3.14. The molecule has 0 fully saturated rings. The normalized spacial score (nSPS) is 11.4. The Morgan fingerprint density at radius 1 is 1.00 bits per heavy atom. The predicted molar refractivity (Wildman–Crippen MR) is 125 cm³/mol. The van der Waals surface area contributed by atoms with Crippen LogP contribution in [0.1, 0.15) is 25.8 Å². The van der Waals surface area contributed by atoms with Crippen LogP contribution < -0.4 is 19.5 Å². The van der Waals surface area contributed by atoms with Crippen molar-refractivity contribution in [3.63, 3.8) is 0 Å². The van der Waals surface area contributed by atoms with Gasteiger partial charge in [0.1, 0.15) is 23.3 Å². The molecular weight excluding hydrogens is 455 g/mol. The van der Waals surface area contributed by atoms with Crippen molar-refractivity contribution >= 4 is 35.0 Å². The van der Waals surface area contributed by atoms with Crippen LogP contribution in [0.5, 0.6) is 17.2 Å². The Balaban J connectivity index is 2.27. The van der Waals surface area contributed by atoms with E-state index in [4.69, 9.17) is 37.4 Å². The lowest BCUT2D eigenvalue weighted by Crippen LogP contribution is -2.50. The molecule has 174 valence electrons. The highest BCUT2D eigenvalue weighted by Gasteiger charge is 2.29. The van der Waals surface area contributed by atoms with Gasteiger partial charge in [-0.1, -0.05) is 36.2 Å². The molecule has 1 unspecified atom stereocenters. The first-order chi connectivity index (χ1) is 15.3. The molecule has 0 saturated carbocycles. The van der Waals surface area contributed by atoms with Crippen molar-refractivity contribution < 1.29 is 23.8 Å². The first kappa shape index (κ1) is 25.6. The molecule has 0 bridgehead atoms. The second-order valence-electron chi connectivity index (χ2n) is 6.91. The smallest absolute Gasteiger partial charge is 0.261 e. The van der Waals surface area contributed by atoms with Crippen LogP contribution in [0.15, 0.2) is 36.4 Å². The van der Waals surface area contributed by atoms with Crippen molar-refractivity contribution in [2.24, 2.45) is 0 Å². The maximum absolute atomic E-state index is 13.2. The van der Waals surface area contributed by atoms with E-state index in [0.717, 1.165) is 0 Å². The number of rotatable bonds is 11. The molecule has 0 aliphatic carbocycles. The molecule has 0 aliphatic rings. The number of benzene rings is 2. The van der Waals surface area contributed by atoms with Gasteiger partial charge < -0.3 is 24.4 Å². The van der Waals surface area contributed by atoms with Crippen LogP contribution in [0.25, 0.3) is 0 Å². The molecule has 32 heavy (non-hydrogen) atoms. The van der Waals surface area contributed by atoms with Gasteiger partial charge in [0.25, 0.3) is 5.91 Å². The molecule has 1 atom stereocenters. The topological polar surface area (TPSA) is 77.1 Å². The summed E-state index contributed by atoms with van der Waals surface area (Å²) in [4.78, 5) is 27.3. The number of hydrogen-bond donors (Lipinski definition) is 1. The number of carbonyl (C=O) groups excluding carboxylic acids is 2. The molecule has 2 aromatic carbocycles. The van der Waals surface area contributed by atoms with Gasteiger partial charge in [-0.25, -0.2) is 0 Å². The minimum Gasteiger partial charge on any atom is -0.496 e. The molecule has 0 heterocycles. The maximum Gasteiger partial charge on any atom is 0.261 e. The summed E-state index contributed by atoms with van der Waals surface area (Å²) in [5, 5.41) is 3.69. The van der Waals surface area contributed by atoms with E-state index >= 15 is 0 Å². The minimum atomic E-state index is -0.683. The van der Waals surface area contributed by atoms with Gasteiger partial charge in [0.05, 0.1) is 14.2 Å². The number of likely N-dealkylation sites (N-methyl/N-ethyl adjacent to an activating group) is 1. The Hall–Kier alpha value is -2.64. The van der Waals surface area contributed by atoms with Gasteiger partial charge in [0.2, 0.25) is 5.91 Å². The molecule has 0 aromatic heterocycles. The fourth-order valence-corrected chi connectivity index (χ4v) is 3.61. The quantitative estimate of drug-likeness (QED) is 0.515. The second-order valence-corrected chi connectivity index (χ2v) is 7.76. The predicted octanol–water partition coefficient (Wildman–Crippen LogP) is 4.33. The molecule has 0 radical (unpaired) electrons. The molecule has 7 nitrogen and oxygen atoms in total. The first-order valence-corrected chi connectivity index (χ1v) is 10.9. The summed E-state index contributed by atoms with van der Waals surface area (Å²) in [6.45, 7) is 3.98. The third-order valence-corrected chi connectivity index (χ3v) is 5.37. The molecule has 2 aromatic rings. The monoisotopic (exact) mass is 482 g/mol. The molecule has 0 spiro atoms. The average Bonchev–Trinajstić information content (AvgIpc) is 2.78. The van der Waals surface area contributed by atoms with Crippen LogP contribution >= 0.6 is 23.2 Å².